The third-order valence-corrected chi connectivity index (χ3v) is 7.31. The van der Waals surface area contributed by atoms with Gasteiger partial charge in [0.15, 0.2) is 0 Å². The van der Waals surface area contributed by atoms with Crippen molar-refractivity contribution in [3.8, 4) is 5.69 Å². The van der Waals surface area contributed by atoms with Gasteiger partial charge in [0, 0.05) is 48.5 Å². The minimum absolute atomic E-state index is 0.0783. The SMILES string of the molecule is CCOC(=O)C(C)N1CCN(CCCc2c[nH]c3ccc(-n4cnnc4)cc23)C(c2ccc(F)cc2)C1. The molecule has 4 aromatic rings. The quantitative estimate of drug-likeness (QED) is 0.345. The normalized spacial score (nSPS) is 17.8. The number of fused-ring (bicyclic) bond motifs is 1. The Balaban J connectivity index is 1.28. The van der Waals surface area contributed by atoms with Crippen LogP contribution in [0.5, 0.6) is 0 Å². The number of aryl methyl sites for hydroxylation is 1. The highest BCUT2D eigenvalue weighted by atomic mass is 19.1. The standard InChI is InChI=1S/C28H33FN6O2/c1-3-37-28(36)20(2)34-14-13-33(27(17-34)21-6-8-23(29)9-7-21)12-4-5-22-16-30-26-11-10-24(15-25(22)26)35-18-31-32-19-35/h6-11,15-16,18-20,27,30H,3-5,12-14,17H2,1-2H3. The second-order valence-corrected chi connectivity index (χ2v) is 9.54. The van der Waals surface area contributed by atoms with Crippen molar-refractivity contribution in [2.24, 2.45) is 0 Å². The molecule has 8 nitrogen and oxygen atoms in total. The van der Waals surface area contributed by atoms with Crippen LogP contribution in [0.1, 0.15) is 37.4 Å². The number of nitrogens with one attached hydrogen (secondary N) is 1. The maximum atomic E-state index is 13.7. The number of halogens is 1. The number of rotatable bonds is 9. The lowest BCUT2D eigenvalue weighted by atomic mass is 10.00. The van der Waals surface area contributed by atoms with E-state index in [1.165, 1.54) is 23.1 Å². The number of H-pyrrole nitrogens is 1. The summed E-state index contributed by atoms with van der Waals surface area (Å²) in [6.07, 6.45) is 7.41. The second kappa shape index (κ2) is 11.2. The lowest BCUT2D eigenvalue weighted by molar-refractivity contribution is -0.150. The van der Waals surface area contributed by atoms with E-state index in [4.69, 9.17) is 4.74 Å². The van der Waals surface area contributed by atoms with Crippen LogP contribution in [0.3, 0.4) is 0 Å². The van der Waals surface area contributed by atoms with E-state index < -0.39 is 0 Å². The molecule has 1 aliphatic rings. The first-order valence-electron chi connectivity index (χ1n) is 12.9. The summed E-state index contributed by atoms with van der Waals surface area (Å²) in [5.74, 6) is -0.438. The van der Waals surface area contributed by atoms with Crippen LogP contribution in [0.15, 0.2) is 61.3 Å². The van der Waals surface area contributed by atoms with Gasteiger partial charge in [0.1, 0.15) is 24.5 Å². The number of esters is 1. The molecule has 2 unspecified atom stereocenters. The summed E-state index contributed by atoms with van der Waals surface area (Å²) in [5.41, 5.74) is 4.48. The molecule has 1 fully saturated rings. The average Bonchev–Trinajstić information content (AvgIpc) is 3.59. The largest absolute Gasteiger partial charge is 0.465 e. The van der Waals surface area contributed by atoms with Crippen molar-refractivity contribution < 1.29 is 13.9 Å². The molecule has 37 heavy (non-hydrogen) atoms. The van der Waals surface area contributed by atoms with E-state index in [1.807, 2.05) is 30.5 Å². The molecule has 1 N–H and O–H groups in total. The summed E-state index contributed by atoms with van der Waals surface area (Å²) in [4.78, 5) is 20.4. The number of benzene rings is 2. The Morgan fingerprint density at radius 3 is 2.70 bits per heavy atom. The number of aromatic nitrogens is 4. The van der Waals surface area contributed by atoms with Crippen LogP contribution < -0.4 is 0 Å². The zero-order chi connectivity index (χ0) is 25.8. The predicted octanol–water partition coefficient (Wildman–Crippen LogP) is 4.13. The molecule has 2 aromatic heterocycles. The van der Waals surface area contributed by atoms with Crippen molar-refractivity contribution in [3.63, 3.8) is 0 Å². The van der Waals surface area contributed by atoms with Gasteiger partial charge in [-0.05, 0) is 74.7 Å². The Morgan fingerprint density at radius 2 is 1.95 bits per heavy atom. The molecule has 1 aliphatic heterocycles. The zero-order valence-corrected chi connectivity index (χ0v) is 21.3. The van der Waals surface area contributed by atoms with E-state index in [1.54, 1.807) is 12.7 Å². The first kappa shape index (κ1) is 25.1. The Hall–Kier alpha value is -3.56. The van der Waals surface area contributed by atoms with Crippen molar-refractivity contribution in [3.05, 3.63) is 78.3 Å². The number of aromatic amines is 1. The summed E-state index contributed by atoms with van der Waals surface area (Å²) in [7, 11) is 0. The van der Waals surface area contributed by atoms with Gasteiger partial charge in [-0.1, -0.05) is 12.1 Å². The zero-order valence-electron chi connectivity index (χ0n) is 21.3. The number of ether oxygens (including phenoxy) is 1. The van der Waals surface area contributed by atoms with E-state index in [2.05, 4.69) is 49.4 Å². The number of carbonyl (C=O) groups is 1. The highest BCUT2D eigenvalue weighted by Crippen LogP contribution is 2.28. The molecular formula is C28H33FN6O2. The van der Waals surface area contributed by atoms with E-state index in [0.29, 0.717) is 13.2 Å². The van der Waals surface area contributed by atoms with Crippen LogP contribution in [-0.2, 0) is 16.0 Å². The van der Waals surface area contributed by atoms with Gasteiger partial charge in [-0.3, -0.25) is 19.2 Å². The minimum atomic E-state index is -0.309. The summed E-state index contributed by atoms with van der Waals surface area (Å²) in [5, 5.41) is 9.03. The monoisotopic (exact) mass is 504 g/mol. The van der Waals surface area contributed by atoms with Crippen LogP contribution in [0.25, 0.3) is 16.6 Å². The molecule has 0 aliphatic carbocycles. The Bertz CT molecular complexity index is 1320. The highest BCUT2D eigenvalue weighted by molar-refractivity contribution is 5.85. The van der Waals surface area contributed by atoms with Crippen molar-refractivity contribution in [2.45, 2.75) is 38.8 Å². The van der Waals surface area contributed by atoms with Gasteiger partial charge in [0.05, 0.1) is 6.61 Å². The van der Waals surface area contributed by atoms with Gasteiger partial charge in [-0.25, -0.2) is 4.39 Å². The van der Waals surface area contributed by atoms with Gasteiger partial charge in [-0.15, -0.1) is 10.2 Å². The first-order chi connectivity index (χ1) is 18.0. The second-order valence-electron chi connectivity index (χ2n) is 9.54. The fraction of sp³-hybridized carbons (Fsp3) is 0.393. The van der Waals surface area contributed by atoms with Crippen LogP contribution in [0.2, 0.25) is 0 Å². The fourth-order valence-corrected chi connectivity index (χ4v) is 5.21. The Kier molecular flexibility index (Phi) is 7.62. The maximum absolute atomic E-state index is 13.7. The highest BCUT2D eigenvalue weighted by Gasteiger charge is 2.33. The van der Waals surface area contributed by atoms with Gasteiger partial charge in [0.2, 0.25) is 0 Å². The van der Waals surface area contributed by atoms with Gasteiger partial charge >= 0.3 is 5.97 Å². The lowest BCUT2D eigenvalue weighted by Crippen LogP contribution is -2.53. The van der Waals surface area contributed by atoms with Crippen molar-refractivity contribution in [1.82, 2.24) is 29.5 Å². The minimum Gasteiger partial charge on any atom is -0.465 e. The molecule has 0 saturated carbocycles. The number of hydrogen-bond donors (Lipinski definition) is 1. The van der Waals surface area contributed by atoms with Crippen LogP contribution in [0, 0.1) is 5.82 Å². The lowest BCUT2D eigenvalue weighted by Gasteiger charge is -2.43. The molecule has 2 aromatic carbocycles. The molecule has 9 heteroatoms. The van der Waals surface area contributed by atoms with Crippen LogP contribution >= 0.6 is 0 Å². The average molecular weight is 505 g/mol. The molecule has 0 radical (unpaired) electrons. The summed E-state index contributed by atoms with van der Waals surface area (Å²) in [6.45, 7) is 7.32. The van der Waals surface area contributed by atoms with Gasteiger partial charge in [-0.2, -0.15) is 0 Å². The van der Waals surface area contributed by atoms with E-state index in [0.717, 1.165) is 49.2 Å². The number of nitrogens with zero attached hydrogens (tertiary/aromatic N) is 5. The molecule has 2 atom stereocenters. The third kappa shape index (κ3) is 5.57. The summed E-state index contributed by atoms with van der Waals surface area (Å²) in [6, 6.07) is 12.8. The molecule has 5 rings (SSSR count). The summed E-state index contributed by atoms with van der Waals surface area (Å²) < 4.78 is 20.8. The molecular weight excluding hydrogens is 471 g/mol. The van der Waals surface area contributed by atoms with Crippen molar-refractivity contribution >= 4 is 16.9 Å². The van der Waals surface area contributed by atoms with Crippen LogP contribution in [0.4, 0.5) is 4.39 Å². The molecule has 3 heterocycles. The first-order valence-corrected chi connectivity index (χ1v) is 12.9. The smallest absolute Gasteiger partial charge is 0.323 e. The third-order valence-electron chi connectivity index (χ3n) is 7.31. The molecule has 1 saturated heterocycles. The van der Waals surface area contributed by atoms with Gasteiger partial charge < -0.3 is 9.72 Å². The molecule has 0 bridgehead atoms. The van der Waals surface area contributed by atoms with E-state index in [-0.39, 0.29) is 23.9 Å². The number of hydrogen-bond acceptors (Lipinski definition) is 6. The topological polar surface area (TPSA) is 79.3 Å². The van der Waals surface area contributed by atoms with Gasteiger partial charge in [0.25, 0.3) is 0 Å². The predicted molar refractivity (Wildman–Crippen MR) is 140 cm³/mol. The summed E-state index contributed by atoms with van der Waals surface area (Å²) >= 11 is 0. The maximum Gasteiger partial charge on any atom is 0.323 e. The van der Waals surface area contributed by atoms with Crippen molar-refractivity contribution in [2.75, 3.05) is 32.8 Å². The van der Waals surface area contributed by atoms with E-state index in [9.17, 15) is 9.18 Å². The number of piperazine rings is 1. The van der Waals surface area contributed by atoms with Crippen molar-refractivity contribution in [1.29, 1.82) is 0 Å². The Morgan fingerprint density at radius 1 is 1.16 bits per heavy atom. The molecule has 0 spiro atoms. The van der Waals surface area contributed by atoms with E-state index >= 15 is 0 Å². The Labute approximate surface area is 216 Å². The molecule has 0 amide bonds. The molecule has 194 valence electrons. The van der Waals surface area contributed by atoms with Crippen LogP contribution in [-0.4, -0.2) is 74.3 Å². The fourth-order valence-electron chi connectivity index (χ4n) is 5.21. The number of carbonyl (C=O) groups excluding carboxylic acids is 1.